The molecule has 1 unspecified atom stereocenters. The third-order valence-corrected chi connectivity index (χ3v) is 7.96. The van der Waals surface area contributed by atoms with Gasteiger partial charge in [0.15, 0.2) is 5.75 Å². The fourth-order valence-electron chi connectivity index (χ4n) is 4.68. The van der Waals surface area contributed by atoms with E-state index >= 15 is 0 Å². The van der Waals surface area contributed by atoms with Gasteiger partial charge in [0, 0.05) is 21.5 Å². The third kappa shape index (κ3) is 3.10. The number of carboxylic acids is 1. The summed E-state index contributed by atoms with van der Waals surface area (Å²) in [7, 11) is 1.57. The van der Waals surface area contributed by atoms with Gasteiger partial charge in [-0.25, -0.2) is 4.79 Å². The minimum atomic E-state index is -1.25. The number of hydrogen-bond donors (Lipinski definition) is 3. The minimum absolute atomic E-state index is 0.170. The van der Waals surface area contributed by atoms with Crippen molar-refractivity contribution in [2.45, 2.75) is 51.6 Å². The molecule has 3 aromatic rings. The van der Waals surface area contributed by atoms with E-state index < -0.39 is 17.5 Å². The van der Waals surface area contributed by atoms with Gasteiger partial charge in [0.05, 0.1) is 24.1 Å². The van der Waals surface area contributed by atoms with E-state index in [1.165, 1.54) is 11.1 Å². The van der Waals surface area contributed by atoms with E-state index in [0.717, 1.165) is 47.3 Å². The maximum Gasteiger partial charge on any atom is 0.341 e. The lowest BCUT2D eigenvalue weighted by atomic mass is 9.74. The van der Waals surface area contributed by atoms with E-state index in [0.29, 0.717) is 22.6 Å². The summed E-state index contributed by atoms with van der Waals surface area (Å²) >= 11 is 1.68. The highest BCUT2D eigenvalue weighted by molar-refractivity contribution is 7.15. The van der Waals surface area contributed by atoms with Crippen LogP contribution in [0, 0.1) is 5.41 Å². The molecule has 1 fully saturated rings. The van der Waals surface area contributed by atoms with Crippen LogP contribution >= 0.6 is 11.3 Å². The predicted octanol–water partition coefficient (Wildman–Crippen LogP) is 4.85. The molecule has 0 bridgehead atoms. The summed E-state index contributed by atoms with van der Waals surface area (Å²) in [6, 6.07) is 3.92. The van der Waals surface area contributed by atoms with Gasteiger partial charge in [-0.15, -0.1) is 11.3 Å². The number of aromatic carboxylic acids is 1. The lowest BCUT2D eigenvalue weighted by Crippen LogP contribution is -2.26. The molecule has 2 heterocycles. The van der Waals surface area contributed by atoms with Gasteiger partial charge >= 0.3 is 5.97 Å². The summed E-state index contributed by atoms with van der Waals surface area (Å²) < 4.78 is 5.81. The van der Waals surface area contributed by atoms with Crippen molar-refractivity contribution < 1.29 is 19.7 Å². The Kier molecular flexibility index (Phi) is 4.53. The van der Waals surface area contributed by atoms with Gasteiger partial charge in [-0.1, -0.05) is 13.8 Å². The molecule has 162 valence electrons. The maximum absolute atomic E-state index is 12.9. The van der Waals surface area contributed by atoms with Gasteiger partial charge in [0.25, 0.3) is 0 Å². The maximum atomic E-state index is 12.9. The van der Waals surface area contributed by atoms with Gasteiger partial charge in [0.1, 0.15) is 5.56 Å². The van der Waals surface area contributed by atoms with Crippen molar-refractivity contribution in [3.05, 3.63) is 50.1 Å². The molecule has 31 heavy (non-hydrogen) atoms. The quantitative estimate of drug-likeness (QED) is 0.540. The predicted molar refractivity (Wildman–Crippen MR) is 120 cm³/mol. The first-order chi connectivity index (χ1) is 14.7. The zero-order valence-electron chi connectivity index (χ0n) is 17.7. The molecule has 2 aromatic heterocycles. The number of aromatic nitrogens is 1. The molecule has 0 saturated heterocycles. The van der Waals surface area contributed by atoms with Crippen LogP contribution in [0.5, 0.6) is 5.75 Å². The number of carbonyl (C=O) groups is 1. The Morgan fingerprint density at radius 3 is 2.65 bits per heavy atom. The number of aliphatic hydroxyl groups is 1. The largest absolute Gasteiger partial charge is 0.494 e. The SMILES string of the molecule is COc1c(-c2cc3c(s2)CCC(C)(C)C3O)c(C2CC2)cc2c(=O)c(C(=O)O)c[nH]c12. The van der Waals surface area contributed by atoms with Crippen LogP contribution in [0.1, 0.15) is 71.5 Å². The lowest BCUT2D eigenvalue weighted by Gasteiger charge is -2.34. The molecule has 2 aliphatic carbocycles. The third-order valence-electron chi connectivity index (χ3n) is 6.73. The molecule has 1 atom stereocenters. The number of H-pyrrole nitrogens is 1. The van der Waals surface area contributed by atoms with Crippen molar-refractivity contribution in [2.75, 3.05) is 7.11 Å². The molecule has 0 spiro atoms. The summed E-state index contributed by atoms with van der Waals surface area (Å²) in [6.07, 6.45) is 4.63. The first kappa shape index (κ1) is 20.3. The van der Waals surface area contributed by atoms with Gasteiger partial charge in [0.2, 0.25) is 5.43 Å². The highest BCUT2D eigenvalue weighted by Gasteiger charge is 2.37. The van der Waals surface area contributed by atoms with E-state index in [4.69, 9.17) is 4.74 Å². The number of aliphatic hydroxyl groups excluding tert-OH is 1. The lowest BCUT2D eigenvalue weighted by molar-refractivity contribution is 0.0350. The number of rotatable bonds is 4. The average Bonchev–Trinajstić information content (AvgIpc) is 3.48. The fraction of sp³-hybridized carbons (Fsp3) is 0.417. The van der Waals surface area contributed by atoms with Crippen LogP contribution in [0.2, 0.25) is 0 Å². The smallest absolute Gasteiger partial charge is 0.341 e. The molecule has 2 aliphatic rings. The highest BCUT2D eigenvalue weighted by Crippen LogP contribution is 2.53. The molecule has 1 saturated carbocycles. The summed E-state index contributed by atoms with van der Waals surface area (Å²) in [6.45, 7) is 4.18. The second kappa shape index (κ2) is 6.93. The topological polar surface area (TPSA) is 99.6 Å². The van der Waals surface area contributed by atoms with Gasteiger partial charge in [-0.2, -0.15) is 0 Å². The Bertz CT molecular complexity index is 1280. The van der Waals surface area contributed by atoms with E-state index in [9.17, 15) is 19.8 Å². The zero-order chi connectivity index (χ0) is 22.1. The Morgan fingerprint density at radius 1 is 1.26 bits per heavy atom. The van der Waals surface area contributed by atoms with Crippen LogP contribution in [0.4, 0.5) is 0 Å². The Hall–Kier alpha value is -2.64. The van der Waals surface area contributed by atoms with Crippen molar-refractivity contribution in [1.82, 2.24) is 4.98 Å². The normalized spacial score (nSPS) is 19.9. The second-order valence-corrected chi connectivity index (χ2v) is 10.4. The number of ether oxygens (including phenoxy) is 1. The van der Waals surface area contributed by atoms with Crippen molar-refractivity contribution in [3.8, 4) is 16.2 Å². The van der Waals surface area contributed by atoms with Crippen LogP contribution in [-0.2, 0) is 6.42 Å². The molecule has 5 rings (SSSR count). The van der Waals surface area contributed by atoms with Crippen LogP contribution in [-0.4, -0.2) is 28.3 Å². The van der Waals surface area contributed by atoms with Crippen molar-refractivity contribution in [3.63, 3.8) is 0 Å². The molecule has 0 aliphatic heterocycles. The number of pyridine rings is 1. The number of nitrogens with one attached hydrogen (secondary N) is 1. The second-order valence-electron chi connectivity index (χ2n) is 9.29. The number of fused-ring (bicyclic) bond motifs is 2. The molecule has 7 heteroatoms. The number of methoxy groups -OCH3 is 1. The van der Waals surface area contributed by atoms with E-state index in [1.807, 2.05) is 6.07 Å². The Balaban J connectivity index is 1.78. The number of aryl methyl sites for hydroxylation is 1. The van der Waals surface area contributed by atoms with Gasteiger partial charge in [-0.05, 0) is 60.3 Å². The van der Waals surface area contributed by atoms with E-state index in [-0.39, 0.29) is 11.0 Å². The highest BCUT2D eigenvalue weighted by atomic mass is 32.1. The number of hydrogen-bond acceptors (Lipinski definition) is 5. The first-order valence-corrected chi connectivity index (χ1v) is 11.3. The van der Waals surface area contributed by atoms with Gasteiger partial charge in [-0.3, -0.25) is 4.79 Å². The zero-order valence-corrected chi connectivity index (χ0v) is 18.6. The summed E-state index contributed by atoms with van der Waals surface area (Å²) in [5.41, 5.74) is 2.50. The average molecular weight is 440 g/mol. The van der Waals surface area contributed by atoms with Crippen LogP contribution < -0.4 is 10.2 Å². The molecule has 3 N–H and O–H groups in total. The van der Waals surface area contributed by atoms with Crippen molar-refractivity contribution in [2.24, 2.45) is 5.41 Å². The summed E-state index contributed by atoms with van der Waals surface area (Å²) in [4.78, 5) is 29.5. The molecular formula is C24H25NO5S. The Morgan fingerprint density at radius 2 is 2.00 bits per heavy atom. The summed E-state index contributed by atoms with van der Waals surface area (Å²) in [5.74, 6) is -0.371. The minimum Gasteiger partial charge on any atom is -0.494 e. The molecule has 0 amide bonds. The van der Waals surface area contributed by atoms with Crippen LogP contribution in [0.3, 0.4) is 0 Å². The Labute approximate surface area is 183 Å². The van der Waals surface area contributed by atoms with E-state index in [1.54, 1.807) is 18.4 Å². The number of aromatic amines is 1. The molecular weight excluding hydrogens is 414 g/mol. The number of thiophene rings is 1. The summed E-state index contributed by atoms with van der Waals surface area (Å²) in [5, 5.41) is 20.6. The van der Waals surface area contributed by atoms with Crippen molar-refractivity contribution >= 4 is 28.2 Å². The standard InChI is InChI=1S/C24H25NO5S/c1-24(2)7-6-16-13(22(24)27)9-17(31-16)18-12(11-4-5-11)8-14-19(21(18)30-3)25-10-15(20(14)26)23(28)29/h8-11,22,27H,4-7H2,1-3H3,(H,25,26)(H,28,29). The number of benzene rings is 1. The van der Waals surface area contributed by atoms with Crippen LogP contribution in [0.25, 0.3) is 21.3 Å². The monoisotopic (exact) mass is 439 g/mol. The fourth-order valence-corrected chi connectivity index (χ4v) is 5.93. The molecule has 6 nitrogen and oxygen atoms in total. The van der Waals surface area contributed by atoms with E-state index in [2.05, 4.69) is 24.9 Å². The van der Waals surface area contributed by atoms with Crippen LogP contribution in [0.15, 0.2) is 23.1 Å². The first-order valence-electron chi connectivity index (χ1n) is 10.5. The molecule has 0 radical (unpaired) electrons. The molecule has 1 aromatic carbocycles. The van der Waals surface area contributed by atoms with Crippen molar-refractivity contribution in [1.29, 1.82) is 0 Å². The number of carboxylic acid groups (broad SMARTS) is 1. The van der Waals surface area contributed by atoms with Gasteiger partial charge < -0.3 is 19.9 Å².